The first kappa shape index (κ1) is 13.4. The molecule has 3 rings (SSSR count). The van der Waals surface area contributed by atoms with Crippen molar-refractivity contribution in [1.82, 2.24) is 9.88 Å². The highest BCUT2D eigenvalue weighted by molar-refractivity contribution is 5.94. The molecular weight excluding hydrogens is 254 g/mol. The number of aromatic nitrogens is 1. The van der Waals surface area contributed by atoms with E-state index in [1.807, 2.05) is 12.1 Å². The van der Waals surface area contributed by atoms with Crippen LogP contribution in [-0.2, 0) is 0 Å². The van der Waals surface area contributed by atoms with Crippen molar-refractivity contribution in [3.63, 3.8) is 0 Å². The predicted molar refractivity (Wildman–Crippen MR) is 76.8 cm³/mol. The molecule has 5 nitrogen and oxygen atoms in total. The highest BCUT2D eigenvalue weighted by Crippen LogP contribution is 2.22. The van der Waals surface area contributed by atoms with E-state index in [0.717, 1.165) is 24.8 Å². The van der Waals surface area contributed by atoms with Crippen LogP contribution in [0.3, 0.4) is 0 Å². The lowest BCUT2D eigenvalue weighted by atomic mass is 9.99. The summed E-state index contributed by atoms with van der Waals surface area (Å²) in [7, 11) is 0. The third-order valence-corrected chi connectivity index (χ3v) is 4.25. The van der Waals surface area contributed by atoms with Crippen molar-refractivity contribution in [2.45, 2.75) is 25.9 Å². The predicted octanol–water partition coefficient (Wildman–Crippen LogP) is 1.13. The van der Waals surface area contributed by atoms with Crippen molar-refractivity contribution in [1.29, 1.82) is 0 Å². The minimum atomic E-state index is -0.360. The molecule has 5 heteroatoms. The van der Waals surface area contributed by atoms with Crippen LogP contribution in [0.1, 0.15) is 30.1 Å². The largest absolute Gasteiger partial charge is 0.389 e. The molecule has 2 aliphatic heterocycles. The van der Waals surface area contributed by atoms with Gasteiger partial charge < -0.3 is 14.9 Å². The first-order chi connectivity index (χ1) is 9.63. The van der Waals surface area contributed by atoms with Crippen molar-refractivity contribution >= 4 is 11.7 Å². The molecular formula is C15H21N3O2. The average molecular weight is 275 g/mol. The van der Waals surface area contributed by atoms with Crippen molar-refractivity contribution in [2.24, 2.45) is 5.92 Å². The summed E-state index contributed by atoms with van der Waals surface area (Å²) in [5, 5.41) is 9.23. The van der Waals surface area contributed by atoms with Crippen LogP contribution in [0.4, 0.5) is 5.82 Å². The van der Waals surface area contributed by atoms with Crippen LogP contribution in [0.2, 0.25) is 0 Å². The van der Waals surface area contributed by atoms with Crippen molar-refractivity contribution in [3.8, 4) is 0 Å². The fourth-order valence-corrected chi connectivity index (χ4v) is 2.74. The van der Waals surface area contributed by atoms with Gasteiger partial charge in [0.2, 0.25) is 0 Å². The summed E-state index contributed by atoms with van der Waals surface area (Å²) < 4.78 is 0. The van der Waals surface area contributed by atoms with Gasteiger partial charge in [-0.1, -0.05) is 6.92 Å². The maximum absolute atomic E-state index is 12.1. The van der Waals surface area contributed by atoms with E-state index in [-0.39, 0.29) is 12.0 Å². The zero-order valence-corrected chi connectivity index (χ0v) is 11.8. The molecule has 108 valence electrons. The molecule has 0 saturated carbocycles. The summed E-state index contributed by atoms with van der Waals surface area (Å²) in [5.74, 6) is 1.71. The number of piperidine rings is 1. The summed E-state index contributed by atoms with van der Waals surface area (Å²) in [6, 6.07) is 3.77. The summed E-state index contributed by atoms with van der Waals surface area (Å²) in [4.78, 5) is 20.4. The molecule has 1 aromatic rings. The van der Waals surface area contributed by atoms with Gasteiger partial charge in [0.25, 0.3) is 5.91 Å². The second-order valence-electron chi connectivity index (χ2n) is 5.94. The number of anilines is 1. The third kappa shape index (κ3) is 2.63. The molecule has 2 fully saturated rings. The Kier molecular flexibility index (Phi) is 3.61. The number of likely N-dealkylation sites (tertiary alicyclic amines) is 1. The van der Waals surface area contributed by atoms with Crippen LogP contribution >= 0.6 is 0 Å². The first-order valence-corrected chi connectivity index (χ1v) is 7.32. The lowest BCUT2D eigenvalue weighted by molar-refractivity contribution is 0.00587. The Balaban J connectivity index is 1.64. The van der Waals surface area contributed by atoms with Crippen molar-refractivity contribution < 1.29 is 9.90 Å². The number of aliphatic hydroxyl groups is 1. The fraction of sp³-hybridized carbons (Fsp3) is 0.600. The van der Waals surface area contributed by atoms with Gasteiger partial charge >= 0.3 is 0 Å². The van der Waals surface area contributed by atoms with Crippen LogP contribution in [0.15, 0.2) is 18.3 Å². The normalized spacial score (nSPS) is 20.9. The molecule has 0 spiro atoms. The minimum absolute atomic E-state index is 0.0402. The first-order valence-electron chi connectivity index (χ1n) is 7.32. The number of amides is 1. The number of rotatable bonds is 2. The average Bonchev–Trinajstić information content (AvgIpc) is 2.44. The molecule has 1 aromatic heterocycles. The van der Waals surface area contributed by atoms with E-state index in [1.54, 1.807) is 11.1 Å². The molecule has 20 heavy (non-hydrogen) atoms. The monoisotopic (exact) mass is 275 g/mol. The van der Waals surface area contributed by atoms with Gasteiger partial charge in [-0.25, -0.2) is 4.98 Å². The van der Waals surface area contributed by atoms with E-state index in [4.69, 9.17) is 0 Å². The number of aliphatic hydroxyl groups excluding tert-OH is 1. The zero-order valence-electron chi connectivity index (χ0n) is 11.8. The molecule has 0 unspecified atom stereocenters. The topological polar surface area (TPSA) is 56.7 Å². The van der Waals surface area contributed by atoms with Crippen LogP contribution in [0.5, 0.6) is 0 Å². The maximum atomic E-state index is 12.1. The van der Waals surface area contributed by atoms with E-state index in [9.17, 15) is 9.90 Å². The lowest BCUT2D eigenvalue weighted by Crippen LogP contribution is -2.53. The second-order valence-corrected chi connectivity index (χ2v) is 5.94. The number of pyridine rings is 1. The molecule has 0 bridgehead atoms. The van der Waals surface area contributed by atoms with Gasteiger partial charge in [-0.05, 0) is 30.9 Å². The summed E-state index contributed by atoms with van der Waals surface area (Å²) >= 11 is 0. The number of nitrogens with zero attached hydrogens (tertiary/aromatic N) is 3. The molecule has 1 N–H and O–H groups in total. The zero-order chi connectivity index (χ0) is 14.1. The van der Waals surface area contributed by atoms with E-state index < -0.39 is 0 Å². The molecule has 2 saturated heterocycles. The van der Waals surface area contributed by atoms with Gasteiger partial charge in [0.05, 0.1) is 11.7 Å². The standard InChI is InChI=1S/C15H21N3O2/c1-11-4-6-17(7-5-11)14-3-2-12(8-16-14)15(20)18-9-13(19)10-18/h2-3,8,11,13,19H,4-7,9-10H2,1H3. The van der Waals surface area contributed by atoms with Crippen molar-refractivity contribution in [2.75, 3.05) is 31.1 Å². The van der Waals surface area contributed by atoms with E-state index in [2.05, 4.69) is 16.8 Å². The third-order valence-electron chi connectivity index (χ3n) is 4.25. The molecule has 0 aliphatic carbocycles. The van der Waals surface area contributed by atoms with Crippen LogP contribution in [-0.4, -0.2) is 53.2 Å². The van der Waals surface area contributed by atoms with Gasteiger partial charge in [0, 0.05) is 32.4 Å². The molecule has 1 amide bonds. The van der Waals surface area contributed by atoms with Gasteiger partial charge in [0.15, 0.2) is 0 Å². The maximum Gasteiger partial charge on any atom is 0.255 e. The number of β-amino-alcohol motifs (C(OH)–C–C–N with tert-alkyl or cyclic N) is 1. The highest BCUT2D eigenvalue weighted by atomic mass is 16.3. The van der Waals surface area contributed by atoms with Gasteiger partial charge in [-0.15, -0.1) is 0 Å². The van der Waals surface area contributed by atoms with E-state index in [1.165, 1.54) is 12.8 Å². The molecule has 3 heterocycles. The van der Waals surface area contributed by atoms with Gasteiger partial charge in [-0.2, -0.15) is 0 Å². The van der Waals surface area contributed by atoms with E-state index in [0.29, 0.717) is 18.7 Å². The Hall–Kier alpha value is -1.62. The molecule has 2 aliphatic rings. The number of hydrogen-bond donors (Lipinski definition) is 1. The van der Waals surface area contributed by atoms with Crippen LogP contribution < -0.4 is 4.90 Å². The Morgan fingerprint density at radius 1 is 1.30 bits per heavy atom. The SMILES string of the molecule is CC1CCN(c2ccc(C(=O)N3CC(O)C3)cn2)CC1. The molecule has 0 aromatic carbocycles. The summed E-state index contributed by atoms with van der Waals surface area (Å²) in [6.45, 7) is 5.24. The van der Waals surface area contributed by atoms with Gasteiger partial charge in [-0.3, -0.25) is 4.79 Å². The molecule has 0 radical (unpaired) electrons. The van der Waals surface area contributed by atoms with Gasteiger partial charge in [0.1, 0.15) is 5.82 Å². The molecule has 0 atom stereocenters. The number of carbonyl (C=O) groups excluding carboxylic acids is 1. The fourth-order valence-electron chi connectivity index (χ4n) is 2.74. The quantitative estimate of drug-likeness (QED) is 0.879. The van der Waals surface area contributed by atoms with Crippen molar-refractivity contribution in [3.05, 3.63) is 23.9 Å². The smallest absolute Gasteiger partial charge is 0.255 e. The Labute approximate surface area is 119 Å². The Bertz CT molecular complexity index is 474. The second kappa shape index (κ2) is 5.40. The lowest BCUT2D eigenvalue weighted by Gasteiger charge is -2.36. The summed E-state index contributed by atoms with van der Waals surface area (Å²) in [6.07, 6.45) is 3.70. The summed E-state index contributed by atoms with van der Waals surface area (Å²) in [5.41, 5.74) is 0.603. The Morgan fingerprint density at radius 2 is 2.00 bits per heavy atom. The minimum Gasteiger partial charge on any atom is -0.389 e. The van der Waals surface area contributed by atoms with Crippen LogP contribution in [0, 0.1) is 5.92 Å². The number of hydrogen-bond acceptors (Lipinski definition) is 4. The van der Waals surface area contributed by atoms with E-state index >= 15 is 0 Å². The highest BCUT2D eigenvalue weighted by Gasteiger charge is 2.29. The van der Waals surface area contributed by atoms with Crippen LogP contribution in [0.25, 0.3) is 0 Å². The number of carbonyl (C=O) groups is 1. The Morgan fingerprint density at radius 3 is 2.55 bits per heavy atom.